The van der Waals surface area contributed by atoms with Crippen LogP contribution in [0.15, 0.2) is 34.4 Å². The average molecular weight is 397 g/mol. The molecule has 5 nitrogen and oxygen atoms in total. The molecule has 0 unspecified atom stereocenters. The molecule has 0 amide bonds. The van der Waals surface area contributed by atoms with Gasteiger partial charge in [0.2, 0.25) is 0 Å². The van der Waals surface area contributed by atoms with E-state index in [2.05, 4.69) is 67.1 Å². The van der Waals surface area contributed by atoms with Gasteiger partial charge in [0, 0.05) is 35.9 Å². The zero-order chi connectivity index (χ0) is 19.7. The van der Waals surface area contributed by atoms with Gasteiger partial charge in [0.15, 0.2) is 5.17 Å². The van der Waals surface area contributed by atoms with Gasteiger partial charge in [-0.15, -0.1) is 0 Å². The number of aryl methyl sites for hydroxylation is 3. The van der Waals surface area contributed by atoms with Crippen molar-refractivity contribution in [2.75, 3.05) is 12.4 Å². The van der Waals surface area contributed by atoms with Crippen LogP contribution in [0, 0.1) is 27.7 Å². The molecule has 1 atom stereocenters. The lowest BCUT2D eigenvalue weighted by Crippen LogP contribution is -2.25. The number of benzene rings is 1. The van der Waals surface area contributed by atoms with E-state index >= 15 is 0 Å². The first-order chi connectivity index (χ1) is 13.5. The summed E-state index contributed by atoms with van der Waals surface area (Å²) in [5.74, 6) is 0.820. The Morgan fingerprint density at radius 3 is 2.68 bits per heavy atom. The van der Waals surface area contributed by atoms with E-state index in [4.69, 9.17) is 9.73 Å². The van der Waals surface area contributed by atoms with E-state index in [9.17, 15) is 0 Å². The summed E-state index contributed by atoms with van der Waals surface area (Å²) < 4.78 is 8.20. The summed E-state index contributed by atoms with van der Waals surface area (Å²) in [7, 11) is 0. The third-order valence-electron chi connectivity index (χ3n) is 5.58. The number of nitrogens with zero attached hydrogens (tertiary/aromatic N) is 3. The molecule has 28 heavy (non-hydrogen) atoms. The van der Waals surface area contributed by atoms with Gasteiger partial charge in [-0.1, -0.05) is 30.0 Å². The molecule has 6 heteroatoms. The number of para-hydroxylation sites is 1. The van der Waals surface area contributed by atoms with Crippen molar-refractivity contribution in [3.05, 3.63) is 52.3 Å². The van der Waals surface area contributed by atoms with Crippen LogP contribution in [-0.2, 0) is 11.3 Å². The van der Waals surface area contributed by atoms with Gasteiger partial charge >= 0.3 is 0 Å². The smallest absolute Gasteiger partial charge is 0.182 e. The molecule has 2 aliphatic heterocycles. The standard InChI is InChI=1S/C22H28N4OS/c1-14-7-5-8-15(2)21(14)23-22-25-24-20(13-28-22)19-11-16(3)26(17(19)4)12-18-9-6-10-27-18/h5,7-8,11,18H,6,9-10,12-13H2,1-4H3,(H,23,25)/t18-/m1/s1. The van der Waals surface area contributed by atoms with Crippen molar-refractivity contribution in [3.63, 3.8) is 0 Å². The highest BCUT2D eigenvalue weighted by Gasteiger charge is 2.22. The van der Waals surface area contributed by atoms with Gasteiger partial charge in [0.05, 0.1) is 17.5 Å². The fraction of sp³-hybridized carbons (Fsp3) is 0.455. The molecule has 3 heterocycles. The normalized spacial score (nSPS) is 21.1. The molecule has 0 spiro atoms. The summed E-state index contributed by atoms with van der Waals surface area (Å²) in [6, 6.07) is 8.51. The third kappa shape index (κ3) is 3.89. The molecule has 0 saturated carbocycles. The van der Waals surface area contributed by atoms with Crippen LogP contribution in [0.1, 0.15) is 40.9 Å². The van der Waals surface area contributed by atoms with Crippen molar-refractivity contribution in [2.24, 2.45) is 10.1 Å². The van der Waals surface area contributed by atoms with E-state index < -0.39 is 0 Å². The highest BCUT2D eigenvalue weighted by Crippen LogP contribution is 2.27. The van der Waals surface area contributed by atoms with Crippen LogP contribution < -0.4 is 5.43 Å². The fourth-order valence-corrected chi connectivity index (χ4v) is 4.72. The monoisotopic (exact) mass is 396 g/mol. The summed E-state index contributed by atoms with van der Waals surface area (Å²) in [6.45, 7) is 10.4. The van der Waals surface area contributed by atoms with Gasteiger partial charge in [-0.3, -0.25) is 5.43 Å². The van der Waals surface area contributed by atoms with Crippen molar-refractivity contribution in [1.29, 1.82) is 0 Å². The van der Waals surface area contributed by atoms with Crippen molar-refractivity contribution in [3.8, 4) is 0 Å². The maximum absolute atomic E-state index is 5.83. The van der Waals surface area contributed by atoms with E-state index in [1.807, 2.05) is 0 Å². The first-order valence-electron chi connectivity index (χ1n) is 9.92. The molecule has 1 N–H and O–H groups in total. The highest BCUT2D eigenvalue weighted by atomic mass is 32.2. The molecule has 4 rings (SSSR count). The first-order valence-corrected chi connectivity index (χ1v) is 10.9. The summed E-state index contributed by atoms with van der Waals surface area (Å²) in [6.07, 6.45) is 2.67. The predicted molar refractivity (Wildman–Crippen MR) is 118 cm³/mol. The van der Waals surface area contributed by atoms with Crippen LogP contribution in [0.2, 0.25) is 0 Å². The van der Waals surface area contributed by atoms with Gasteiger partial charge in [0.25, 0.3) is 0 Å². The lowest BCUT2D eigenvalue weighted by molar-refractivity contribution is 0.0962. The molecule has 0 aliphatic carbocycles. The Morgan fingerprint density at radius 1 is 1.25 bits per heavy atom. The largest absolute Gasteiger partial charge is 0.376 e. The number of thioether (sulfide) groups is 1. The first kappa shape index (κ1) is 19.3. The van der Waals surface area contributed by atoms with Gasteiger partial charge in [-0.2, -0.15) is 5.10 Å². The van der Waals surface area contributed by atoms with E-state index in [0.717, 1.165) is 41.9 Å². The van der Waals surface area contributed by atoms with Crippen LogP contribution in [0.25, 0.3) is 0 Å². The van der Waals surface area contributed by atoms with Crippen molar-refractivity contribution in [2.45, 2.75) is 53.2 Å². The maximum Gasteiger partial charge on any atom is 0.182 e. The van der Waals surface area contributed by atoms with Crippen LogP contribution in [0.5, 0.6) is 0 Å². The van der Waals surface area contributed by atoms with Crippen molar-refractivity contribution < 1.29 is 4.74 Å². The number of aliphatic imine (C=N–C) groups is 1. The Morgan fingerprint density at radius 2 is 2.04 bits per heavy atom. The number of hydrogen-bond donors (Lipinski definition) is 1. The molecule has 148 valence electrons. The van der Waals surface area contributed by atoms with E-state index in [-0.39, 0.29) is 0 Å². The van der Waals surface area contributed by atoms with Crippen molar-refractivity contribution >= 4 is 28.3 Å². The highest BCUT2D eigenvalue weighted by molar-refractivity contribution is 8.14. The van der Waals surface area contributed by atoms with Crippen LogP contribution >= 0.6 is 11.8 Å². The van der Waals surface area contributed by atoms with Crippen LogP contribution in [0.3, 0.4) is 0 Å². The fourth-order valence-electron chi connectivity index (χ4n) is 3.96. The molecule has 0 radical (unpaired) electrons. The third-order valence-corrected chi connectivity index (χ3v) is 6.45. The Bertz CT molecular complexity index is 918. The summed E-state index contributed by atoms with van der Waals surface area (Å²) in [4.78, 5) is 4.80. The quantitative estimate of drug-likeness (QED) is 0.820. The zero-order valence-electron chi connectivity index (χ0n) is 17.1. The predicted octanol–water partition coefficient (Wildman–Crippen LogP) is 4.63. The van der Waals surface area contributed by atoms with E-state index in [0.29, 0.717) is 6.10 Å². The van der Waals surface area contributed by atoms with Crippen LogP contribution in [-0.4, -0.2) is 33.9 Å². The molecular formula is C22H28N4OS. The number of ether oxygens (including phenoxy) is 1. The number of aromatic nitrogens is 1. The topological polar surface area (TPSA) is 50.9 Å². The lowest BCUT2D eigenvalue weighted by Gasteiger charge is -2.17. The summed E-state index contributed by atoms with van der Waals surface area (Å²) in [5, 5.41) is 5.51. The molecule has 1 aromatic carbocycles. The van der Waals surface area contributed by atoms with Crippen molar-refractivity contribution in [1.82, 2.24) is 9.99 Å². The number of nitrogens with one attached hydrogen (secondary N) is 1. The molecule has 1 saturated heterocycles. The minimum Gasteiger partial charge on any atom is -0.376 e. The SMILES string of the molecule is Cc1cccc(C)c1N=C1NN=C(c2cc(C)n(C[C@H]3CCCO3)c2C)CS1. The van der Waals surface area contributed by atoms with E-state index in [1.165, 1.54) is 34.5 Å². The van der Waals surface area contributed by atoms with Gasteiger partial charge in [0.1, 0.15) is 0 Å². The number of hydrazone groups is 1. The Labute approximate surface area is 171 Å². The summed E-state index contributed by atoms with van der Waals surface area (Å²) >= 11 is 1.71. The molecular weight excluding hydrogens is 368 g/mol. The van der Waals surface area contributed by atoms with E-state index in [1.54, 1.807) is 11.8 Å². The van der Waals surface area contributed by atoms with Gasteiger partial charge < -0.3 is 9.30 Å². The average Bonchev–Trinajstić information content (AvgIpc) is 3.29. The zero-order valence-corrected chi connectivity index (χ0v) is 17.9. The molecule has 2 aromatic rings. The number of rotatable bonds is 4. The maximum atomic E-state index is 5.83. The Kier molecular flexibility index (Phi) is 5.60. The Hall–Kier alpha value is -2.05. The second-order valence-corrected chi connectivity index (χ2v) is 8.61. The van der Waals surface area contributed by atoms with Gasteiger partial charge in [-0.25, -0.2) is 4.99 Å². The second kappa shape index (κ2) is 8.13. The molecule has 1 fully saturated rings. The second-order valence-electron chi connectivity index (χ2n) is 7.65. The Balaban J connectivity index is 1.53. The minimum absolute atomic E-state index is 0.342. The lowest BCUT2D eigenvalue weighted by atomic mass is 10.1. The van der Waals surface area contributed by atoms with Crippen LogP contribution in [0.4, 0.5) is 5.69 Å². The minimum atomic E-state index is 0.342. The molecule has 1 aromatic heterocycles. The number of hydrogen-bond acceptors (Lipinski definition) is 4. The molecule has 0 bridgehead atoms. The summed E-state index contributed by atoms with van der Waals surface area (Å²) in [5.41, 5.74) is 11.4. The number of amidine groups is 1. The molecule has 2 aliphatic rings. The van der Waals surface area contributed by atoms with Gasteiger partial charge in [-0.05, 0) is 57.7 Å².